The maximum Gasteiger partial charge on any atom is 0.290 e. The van der Waals surface area contributed by atoms with Crippen LogP contribution in [-0.4, -0.2) is 48.3 Å². The summed E-state index contributed by atoms with van der Waals surface area (Å²) in [5, 5.41) is 15.7. The van der Waals surface area contributed by atoms with E-state index in [9.17, 15) is 0 Å². The first-order valence-electron chi connectivity index (χ1n) is 6.10. The van der Waals surface area contributed by atoms with Gasteiger partial charge in [0.15, 0.2) is 0 Å². The zero-order chi connectivity index (χ0) is 12.0. The smallest absolute Gasteiger partial charge is 0.290 e. The van der Waals surface area contributed by atoms with Crippen molar-refractivity contribution in [2.24, 2.45) is 17.8 Å². The van der Waals surface area contributed by atoms with Crippen LogP contribution in [0.4, 0.5) is 0 Å². The monoisotopic (exact) mass is 229 g/mol. The zero-order valence-electron chi connectivity index (χ0n) is 10.0. The Morgan fingerprint density at radius 1 is 1.38 bits per heavy atom. The van der Waals surface area contributed by atoms with E-state index in [1.807, 2.05) is 0 Å². The molecular formula is C12H23NO3. The predicted octanol–water partition coefficient (Wildman–Crippen LogP) is 1.05. The van der Waals surface area contributed by atoms with E-state index in [-0.39, 0.29) is 6.47 Å². The Bertz CT molecular complexity index is 202. The van der Waals surface area contributed by atoms with Crippen LogP contribution < -0.4 is 0 Å². The molecule has 0 aromatic heterocycles. The van der Waals surface area contributed by atoms with Gasteiger partial charge in [-0.1, -0.05) is 0 Å². The van der Waals surface area contributed by atoms with Gasteiger partial charge >= 0.3 is 0 Å². The van der Waals surface area contributed by atoms with Crippen LogP contribution in [0, 0.1) is 17.8 Å². The third-order valence-electron chi connectivity index (χ3n) is 3.85. The van der Waals surface area contributed by atoms with Gasteiger partial charge in [-0.2, -0.15) is 0 Å². The molecule has 1 aliphatic heterocycles. The molecule has 1 saturated heterocycles. The maximum absolute atomic E-state index is 8.83. The Labute approximate surface area is 97.3 Å². The van der Waals surface area contributed by atoms with E-state index in [1.165, 1.54) is 32.4 Å². The lowest BCUT2D eigenvalue weighted by Crippen LogP contribution is -2.31. The first-order chi connectivity index (χ1) is 7.72. The summed E-state index contributed by atoms with van der Waals surface area (Å²) in [7, 11) is 2.22. The van der Waals surface area contributed by atoms with Crippen molar-refractivity contribution >= 4 is 6.47 Å². The van der Waals surface area contributed by atoms with Gasteiger partial charge in [0.2, 0.25) is 0 Å². The van der Waals surface area contributed by atoms with E-state index in [4.69, 9.17) is 15.0 Å². The molecule has 0 aromatic rings. The molecule has 16 heavy (non-hydrogen) atoms. The molecule has 0 spiro atoms. The number of carbonyl (C=O) groups is 1. The second kappa shape index (κ2) is 6.86. The van der Waals surface area contributed by atoms with Crippen molar-refractivity contribution in [3.8, 4) is 0 Å². The van der Waals surface area contributed by atoms with E-state index in [1.54, 1.807) is 0 Å². The number of likely N-dealkylation sites (tertiary alicyclic amines) is 1. The number of carboxylic acid groups (broad SMARTS) is 1. The Morgan fingerprint density at radius 2 is 1.94 bits per heavy atom. The Hall–Kier alpha value is -0.610. The molecule has 1 saturated carbocycles. The van der Waals surface area contributed by atoms with Gasteiger partial charge in [-0.25, -0.2) is 0 Å². The van der Waals surface area contributed by atoms with Gasteiger partial charge in [-0.05, 0) is 63.6 Å². The minimum Gasteiger partial charge on any atom is -0.483 e. The molecule has 2 N–H and O–H groups in total. The third-order valence-corrected chi connectivity index (χ3v) is 3.85. The summed E-state index contributed by atoms with van der Waals surface area (Å²) in [5.74, 6) is 2.83. The summed E-state index contributed by atoms with van der Waals surface area (Å²) in [6.07, 6.45) is 5.23. The van der Waals surface area contributed by atoms with Crippen LogP contribution in [0.2, 0.25) is 0 Å². The van der Waals surface area contributed by atoms with E-state index < -0.39 is 0 Å². The van der Waals surface area contributed by atoms with Gasteiger partial charge in [0.1, 0.15) is 0 Å². The van der Waals surface area contributed by atoms with Gasteiger partial charge in [0.25, 0.3) is 6.47 Å². The van der Waals surface area contributed by atoms with Crippen molar-refractivity contribution in [1.82, 2.24) is 4.90 Å². The van der Waals surface area contributed by atoms with Gasteiger partial charge in [-0.15, -0.1) is 0 Å². The number of nitrogens with zero attached hydrogens (tertiary/aromatic N) is 1. The van der Waals surface area contributed by atoms with Gasteiger partial charge in [-0.3, -0.25) is 4.79 Å². The SMILES string of the molecule is CN1CCC(C2CC2CCO)CC1.O=CO. The molecule has 0 aromatic carbocycles. The summed E-state index contributed by atoms with van der Waals surface area (Å²) in [5.41, 5.74) is 0. The van der Waals surface area contributed by atoms with Gasteiger partial charge < -0.3 is 15.1 Å². The zero-order valence-corrected chi connectivity index (χ0v) is 10.0. The Balaban J connectivity index is 0.000000386. The number of aliphatic hydroxyl groups is 1. The molecule has 1 heterocycles. The van der Waals surface area contributed by atoms with Gasteiger partial charge in [0.05, 0.1) is 0 Å². The van der Waals surface area contributed by atoms with E-state index >= 15 is 0 Å². The lowest BCUT2D eigenvalue weighted by molar-refractivity contribution is -0.122. The number of piperidine rings is 1. The average molecular weight is 229 g/mol. The summed E-state index contributed by atoms with van der Waals surface area (Å²) in [4.78, 5) is 10.8. The Morgan fingerprint density at radius 3 is 2.44 bits per heavy atom. The van der Waals surface area contributed by atoms with Crippen LogP contribution in [0.15, 0.2) is 0 Å². The second-order valence-corrected chi connectivity index (χ2v) is 4.92. The van der Waals surface area contributed by atoms with E-state index in [0.717, 1.165) is 24.2 Å². The molecular weight excluding hydrogens is 206 g/mol. The van der Waals surface area contributed by atoms with Crippen LogP contribution >= 0.6 is 0 Å². The average Bonchev–Trinajstić information content (AvgIpc) is 3.00. The van der Waals surface area contributed by atoms with Crippen molar-refractivity contribution in [2.45, 2.75) is 25.7 Å². The van der Waals surface area contributed by atoms with Crippen molar-refractivity contribution < 1.29 is 15.0 Å². The normalized spacial score (nSPS) is 30.4. The number of hydrogen-bond acceptors (Lipinski definition) is 3. The largest absolute Gasteiger partial charge is 0.483 e. The molecule has 2 aliphatic rings. The predicted molar refractivity (Wildman–Crippen MR) is 62.2 cm³/mol. The summed E-state index contributed by atoms with van der Waals surface area (Å²) < 4.78 is 0. The third kappa shape index (κ3) is 4.10. The van der Waals surface area contributed by atoms with Crippen LogP contribution in [0.25, 0.3) is 0 Å². The van der Waals surface area contributed by atoms with Gasteiger partial charge in [0, 0.05) is 6.61 Å². The van der Waals surface area contributed by atoms with Crippen molar-refractivity contribution in [3.63, 3.8) is 0 Å². The first-order valence-corrected chi connectivity index (χ1v) is 6.10. The first kappa shape index (κ1) is 13.5. The van der Waals surface area contributed by atoms with Crippen molar-refractivity contribution in [3.05, 3.63) is 0 Å². The van der Waals surface area contributed by atoms with E-state index in [0.29, 0.717) is 6.61 Å². The maximum atomic E-state index is 8.83. The molecule has 94 valence electrons. The van der Waals surface area contributed by atoms with Crippen molar-refractivity contribution in [1.29, 1.82) is 0 Å². The molecule has 0 radical (unpaired) electrons. The molecule has 1 aliphatic carbocycles. The number of hydrogen-bond donors (Lipinski definition) is 2. The fourth-order valence-electron chi connectivity index (χ4n) is 2.80. The van der Waals surface area contributed by atoms with E-state index in [2.05, 4.69) is 11.9 Å². The fraction of sp³-hybridized carbons (Fsp3) is 0.917. The van der Waals surface area contributed by atoms with Crippen LogP contribution in [0.5, 0.6) is 0 Å². The fourth-order valence-corrected chi connectivity index (χ4v) is 2.80. The molecule has 0 amide bonds. The lowest BCUT2D eigenvalue weighted by Gasteiger charge is -2.29. The molecule has 4 heteroatoms. The quantitative estimate of drug-likeness (QED) is 0.710. The second-order valence-electron chi connectivity index (χ2n) is 4.92. The molecule has 2 atom stereocenters. The van der Waals surface area contributed by atoms with Crippen molar-refractivity contribution in [2.75, 3.05) is 26.7 Å². The summed E-state index contributed by atoms with van der Waals surface area (Å²) >= 11 is 0. The summed E-state index contributed by atoms with van der Waals surface area (Å²) in [6.45, 7) is 2.72. The standard InChI is InChI=1S/C11H21NO.CH2O2/c1-12-5-2-9(3-6-12)11-8-10(11)4-7-13;2-1-3/h9-11,13H,2-8H2,1H3;1H,(H,2,3). The molecule has 2 rings (SSSR count). The highest BCUT2D eigenvalue weighted by molar-refractivity contribution is 5.32. The number of aliphatic hydroxyl groups excluding tert-OH is 1. The Kier molecular flexibility index (Phi) is 5.77. The highest BCUT2D eigenvalue weighted by Crippen LogP contribution is 2.49. The van der Waals surface area contributed by atoms with Crippen LogP contribution in [0.1, 0.15) is 25.7 Å². The topological polar surface area (TPSA) is 60.8 Å². The minimum atomic E-state index is -0.250. The van der Waals surface area contributed by atoms with Crippen LogP contribution in [-0.2, 0) is 4.79 Å². The highest BCUT2D eigenvalue weighted by Gasteiger charge is 2.42. The minimum absolute atomic E-state index is 0.250. The molecule has 2 fully saturated rings. The molecule has 4 nitrogen and oxygen atoms in total. The lowest BCUT2D eigenvalue weighted by atomic mass is 9.91. The van der Waals surface area contributed by atoms with Crippen LogP contribution in [0.3, 0.4) is 0 Å². The number of rotatable bonds is 3. The molecule has 0 bridgehead atoms. The molecule has 2 unspecified atom stereocenters. The highest BCUT2D eigenvalue weighted by atomic mass is 16.3. The summed E-state index contributed by atoms with van der Waals surface area (Å²) in [6, 6.07) is 0.